The molecule has 0 bridgehead atoms. The minimum Gasteiger partial charge on any atom is -0.306 e. The fraction of sp³-hybridized carbons (Fsp3) is 0.750. The Morgan fingerprint density at radius 1 is 1.44 bits per heavy atom. The van der Waals surface area contributed by atoms with Gasteiger partial charge in [0.05, 0.1) is 5.54 Å². The fourth-order valence-corrected chi connectivity index (χ4v) is 2.98. The minimum atomic E-state index is 0.00868. The van der Waals surface area contributed by atoms with Crippen LogP contribution in [0.3, 0.4) is 0 Å². The van der Waals surface area contributed by atoms with E-state index in [-0.39, 0.29) is 5.54 Å². The van der Waals surface area contributed by atoms with Gasteiger partial charge in [-0.1, -0.05) is 0 Å². The number of hydrogen-bond donors (Lipinski definition) is 1. The highest BCUT2D eigenvalue weighted by molar-refractivity contribution is 7.09. The number of thiazole rings is 1. The molecule has 1 saturated heterocycles. The van der Waals surface area contributed by atoms with Crippen LogP contribution in [0.4, 0.5) is 0 Å². The second-order valence-electron chi connectivity index (χ2n) is 5.18. The zero-order valence-corrected chi connectivity index (χ0v) is 11.2. The summed E-state index contributed by atoms with van der Waals surface area (Å²) in [6.07, 6.45) is 4.37. The molecule has 0 spiro atoms. The van der Waals surface area contributed by atoms with Crippen molar-refractivity contribution >= 4 is 11.3 Å². The quantitative estimate of drug-likeness (QED) is 0.875. The van der Waals surface area contributed by atoms with Gasteiger partial charge in [-0.2, -0.15) is 0 Å². The van der Waals surface area contributed by atoms with Crippen LogP contribution in [0.2, 0.25) is 0 Å². The van der Waals surface area contributed by atoms with Crippen molar-refractivity contribution in [2.24, 2.45) is 0 Å². The lowest BCUT2D eigenvalue weighted by Gasteiger charge is -2.35. The Hall–Kier alpha value is -0.450. The molecule has 0 aromatic carbocycles. The van der Waals surface area contributed by atoms with Crippen LogP contribution >= 0.6 is 11.3 Å². The molecule has 1 aliphatic rings. The number of nitrogens with one attached hydrogen (secondary N) is 1. The van der Waals surface area contributed by atoms with Gasteiger partial charge in [-0.3, -0.25) is 0 Å². The standard InChI is InChI=1S/C12H21N3S/c1-12(2,11-13-6-9-16-11)14-10-4-7-15(3)8-5-10/h6,9-10,14H,4-5,7-8H2,1-3H3. The molecule has 1 fully saturated rings. The first-order valence-electron chi connectivity index (χ1n) is 5.94. The zero-order valence-electron chi connectivity index (χ0n) is 10.4. The number of hydrogen-bond acceptors (Lipinski definition) is 4. The Morgan fingerprint density at radius 3 is 2.69 bits per heavy atom. The SMILES string of the molecule is CN1CCC(NC(C)(C)c2nccs2)CC1. The molecule has 1 aromatic heterocycles. The van der Waals surface area contributed by atoms with Gasteiger partial charge in [0.2, 0.25) is 0 Å². The average molecular weight is 239 g/mol. The lowest BCUT2D eigenvalue weighted by molar-refractivity contribution is 0.205. The summed E-state index contributed by atoms with van der Waals surface area (Å²) >= 11 is 1.73. The maximum atomic E-state index is 4.41. The van der Waals surface area contributed by atoms with Crippen LogP contribution in [0, 0.1) is 0 Å². The summed E-state index contributed by atoms with van der Waals surface area (Å²) in [5.41, 5.74) is 0.00868. The third-order valence-electron chi connectivity index (χ3n) is 3.25. The van der Waals surface area contributed by atoms with Crippen LogP contribution in [0.25, 0.3) is 0 Å². The predicted molar refractivity (Wildman–Crippen MR) is 68.8 cm³/mol. The van der Waals surface area contributed by atoms with Gasteiger partial charge in [0.15, 0.2) is 0 Å². The highest BCUT2D eigenvalue weighted by Crippen LogP contribution is 2.24. The van der Waals surface area contributed by atoms with Crippen molar-refractivity contribution in [3.05, 3.63) is 16.6 Å². The summed E-state index contributed by atoms with van der Waals surface area (Å²) < 4.78 is 0. The second-order valence-corrected chi connectivity index (χ2v) is 6.08. The van der Waals surface area contributed by atoms with E-state index in [4.69, 9.17) is 0 Å². The molecule has 4 heteroatoms. The van der Waals surface area contributed by atoms with Crippen molar-refractivity contribution in [1.82, 2.24) is 15.2 Å². The van der Waals surface area contributed by atoms with Gasteiger partial charge in [0.1, 0.15) is 5.01 Å². The van der Waals surface area contributed by atoms with E-state index >= 15 is 0 Å². The predicted octanol–water partition coefficient (Wildman–Crippen LogP) is 2.06. The van der Waals surface area contributed by atoms with Crippen LogP contribution in [0.1, 0.15) is 31.7 Å². The molecule has 2 rings (SSSR count). The van der Waals surface area contributed by atoms with Crippen LogP contribution in [-0.2, 0) is 5.54 Å². The monoisotopic (exact) mass is 239 g/mol. The van der Waals surface area contributed by atoms with E-state index in [0.29, 0.717) is 6.04 Å². The fourth-order valence-electron chi connectivity index (χ4n) is 2.26. The van der Waals surface area contributed by atoms with Gasteiger partial charge < -0.3 is 10.2 Å². The van der Waals surface area contributed by atoms with E-state index in [1.807, 2.05) is 11.6 Å². The third-order valence-corrected chi connectivity index (χ3v) is 4.35. The molecule has 1 aromatic rings. The van der Waals surface area contributed by atoms with E-state index < -0.39 is 0 Å². The highest BCUT2D eigenvalue weighted by atomic mass is 32.1. The molecule has 2 heterocycles. The van der Waals surface area contributed by atoms with Crippen molar-refractivity contribution < 1.29 is 0 Å². The van der Waals surface area contributed by atoms with E-state index in [0.717, 1.165) is 0 Å². The number of aromatic nitrogens is 1. The van der Waals surface area contributed by atoms with Crippen molar-refractivity contribution in [2.45, 2.75) is 38.3 Å². The molecule has 90 valence electrons. The van der Waals surface area contributed by atoms with Crippen LogP contribution in [0.5, 0.6) is 0 Å². The minimum absolute atomic E-state index is 0.00868. The van der Waals surface area contributed by atoms with Gasteiger partial charge in [0.25, 0.3) is 0 Å². The molecule has 0 aliphatic carbocycles. The van der Waals surface area contributed by atoms with Crippen molar-refractivity contribution in [1.29, 1.82) is 0 Å². The molecular formula is C12H21N3S. The summed E-state index contributed by atoms with van der Waals surface area (Å²) in [7, 11) is 2.20. The lowest BCUT2D eigenvalue weighted by Crippen LogP contribution is -2.48. The number of likely N-dealkylation sites (tertiary alicyclic amines) is 1. The molecule has 0 radical (unpaired) electrons. The molecule has 16 heavy (non-hydrogen) atoms. The van der Waals surface area contributed by atoms with Crippen molar-refractivity contribution in [3.8, 4) is 0 Å². The van der Waals surface area contributed by atoms with E-state index in [1.54, 1.807) is 11.3 Å². The highest BCUT2D eigenvalue weighted by Gasteiger charge is 2.27. The van der Waals surface area contributed by atoms with E-state index in [9.17, 15) is 0 Å². The van der Waals surface area contributed by atoms with E-state index in [1.165, 1.54) is 30.9 Å². The van der Waals surface area contributed by atoms with Crippen molar-refractivity contribution in [2.75, 3.05) is 20.1 Å². The summed E-state index contributed by atoms with van der Waals surface area (Å²) in [6, 6.07) is 0.634. The Morgan fingerprint density at radius 2 is 2.12 bits per heavy atom. The normalized spacial score (nSPS) is 20.2. The number of rotatable bonds is 3. The molecule has 0 amide bonds. The summed E-state index contributed by atoms with van der Waals surface area (Å²) in [6.45, 7) is 6.85. The Labute approximate surface area is 102 Å². The first-order chi connectivity index (χ1) is 7.58. The zero-order chi connectivity index (χ0) is 11.6. The van der Waals surface area contributed by atoms with Gasteiger partial charge in [-0.15, -0.1) is 11.3 Å². The maximum Gasteiger partial charge on any atom is 0.112 e. The molecule has 0 saturated carbocycles. The molecule has 3 nitrogen and oxygen atoms in total. The Bertz CT molecular complexity index is 313. The second kappa shape index (κ2) is 4.82. The third kappa shape index (κ3) is 2.81. The van der Waals surface area contributed by atoms with Crippen LogP contribution in [0.15, 0.2) is 11.6 Å². The lowest BCUT2D eigenvalue weighted by atomic mass is 9.99. The maximum absolute atomic E-state index is 4.41. The molecular weight excluding hydrogens is 218 g/mol. The molecule has 1 aliphatic heterocycles. The first-order valence-corrected chi connectivity index (χ1v) is 6.82. The number of piperidine rings is 1. The summed E-state index contributed by atoms with van der Waals surface area (Å²) in [4.78, 5) is 6.81. The number of nitrogens with zero attached hydrogens (tertiary/aromatic N) is 2. The van der Waals surface area contributed by atoms with E-state index in [2.05, 4.69) is 36.1 Å². The Balaban J connectivity index is 1.94. The Kier molecular flexibility index (Phi) is 3.62. The molecule has 0 unspecified atom stereocenters. The average Bonchev–Trinajstić information content (AvgIpc) is 2.75. The van der Waals surface area contributed by atoms with Gasteiger partial charge in [-0.25, -0.2) is 4.98 Å². The first kappa shape index (κ1) is 12.0. The largest absolute Gasteiger partial charge is 0.306 e. The molecule has 1 N–H and O–H groups in total. The summed E-state index contributed by atoms with van der Waals surface area (Å²) in [5, 5.41) is 6.97. The van der Waals surface area contributed by atoms with Crippen molar-refractivity contribution in [3.63, 3.8) is 0 Å². The van der Waals surface area contributed by atoms with Gasteiger partial charge in [-0.05, 0) is 46.8 Å². The molecule has 0 atom stereocenters. The smallest absolute Gasteiger partial charge is 0.112 e. The van der Waals surface area contributed by atoms with Crippen LogP contribution < -0.4 is 5.32 Å². The topological polar surface area (TPSA) is 28.2 Å². The van der Waals surface area contributed by atoms with Gasteiger partial charge in [0, 0.05) is 17.6 Å². The van der Waals surface area contributed by atoms with Gasteiger partial charge >= 0.3 is 0 Å². The van der Waals surface area contributed by atoms with Crippen LogP contribution in [-0.4, -0.2) is 36.1 Å². The summed E-state index contributed by atoms with van der Waals surface area (Å²) in [5.74, 6) is 0.